The average molecular weight is 207 g/mol. The highest BCUT2D eigenvalue weighted by atomic mass is 16.1. The molecule has 1 heterocycles. The number of pyridine rings is 1. The lowest BCUT2D eigenvalue weighted by Crippen LogP contribution is -2.24. The molecular formula is C11H17N3O. The number of unbranched alkanes of at least 4 members (excludes halogenated alkanes) is 2. The van der Waals surface area contributed by atoms with Gasteiger partial charge in [-0.1, -0.05) is 6.42 Å². The lowest BCUT2D eigenvalue weighted by Gasteiger charge is -2.04. The van der Waals surface area contributed by atoms with Crippen molar-refractivity contribution in [2.45, 2.75) is 19.3 Å². The van der Waals surface area contributed by atoms with Crippen molar-refractivity contribution < 1.29 is 4.79 Å². The van der Waals surface area contributed by atoms with Gasteiger partial charge in [0.05, 0.1) is 0 Å². The number of nitrogens with zero attached hydrogens (tertiary/aromatic N) is 1. The zero-order chi connectivity index (χ0) is 10.9. The molecule has 0 spiro atoms. The summed E-state index contributed by atoms with van der Waals surface area (Å²) in [5, 5.41) is 2.85. The number of nitrogens with one attached hydrogen (secondary N) is 1. The van der Waals surface area contributed by atoms with Crippen LogP contribution >= 0.6 is 0 Å². The molecule has 0 bridgehead atoms. The summed E-state index contributed by atoms with van der Waals surface area (Å²) in [6.45, 7) is 1.43. The second kappa shape index (κ2) is 6.95. The van der Waals surface area contributed by atoms with Crippen LogP contribution in [0.2, 0.25) is 0 Å². The zero-order valence-corrected chi connectivity index (χ0v) is 8.78. The molecule has 0 radical (unpaired) electrons. The fourth-order valence-corrected chi connectivity index (χ4v) is 1.25. The first-order valence-corrected chi connectivity index (χ1v) is 5.23. The van der Waals surface area contributed by atoms with Crippen LogP contribution in [0.4, 0.5) is 0 Å². The van der Waals surface area contributed by atoms with Gasteiger partial charge in [-0.25, -0.2) is 0 Å². The van der Waals surface area contributed by atoms with E-state index in [0.29, 0.717) is 12.1 Å². The second-order valence-electron chi connectivity index (χ2n) is 3.34. The van der Waals surface area contributed by atoms with E-state index in [1.165, 1.54) is 0 Å². The van der Waals surface area contributed by atoms with Gasteiger partial charge in [0.15, 0.2) is 0 Å². The Morgan fingerprint density at radius 2 is 2.00 bits per heavy atom. The third kappa shape index (κ3) is 4.56. The molecule has 4 heteroatoms. The maximum Gasteiger partial charge on any atom is 0.251 e. The predicted octanol–water partition coefficient (Wildman–Crippen LogP) is 0.940. The molecule has 0 saturated carbocycles. The highest BCUT2D eigenvalue weighted by Gasteiger charge is 2.02. The largest absolute Gasteiger partial charge is 0.352 e. The minimum absolute atomic E-state index is 0.0369. The molecule has 3 N–H and O–H groups in total. The third-order valence-electron chi connectivity index (χ3n) is 2.11. The van der Waals surface area contributed by atoms with E-state index >= 15 is 0 Å². The van der Waals surface area contributed by atoms with Crippen LogP contribution in [0, 0.1) is 0 Å². The fraction of sp³-hybridized carbons (Fsp3) is 0.455. The van der Waals surface area contributed by atoms with Gasteiger partial charge in [0, 0.05) is 24.5 Å². The van der Waals surface area contributed by atoms with Crippen LogP contribution in [0.25, 0.3) is 0 Å². The Kier molecular flexibility index (Phi) is 5.40. The predicted molar refractivity (Wildman–Crippen MR) is 59.5 cm³/mol. The fourth-order valence-electron chi connectivity index (χ4n) is 1.25. The van der Waals surface area contributed by atoms with Crippen LogP contribution in [0.5, 0.6) is 0 Å². The summed E-state index contributed by atoms with van der Waals surface area (Å²) < 4.78 is 0. The van der Waals surface area contributed by atoms with Gasteiger partial charge >= 0.3 is 0 Å². The topological polar surface area (TPSA) is 68.0 Å². The number of carbonyl (C=O) groups is 1. The molecule has 0 fully saturated rings. The van der Waals surface area contributed by atoms with Gasteiger partial charge in [0.25, 0.3) is 5.91 Å². The van der Waals surface area contributed by atoms with Gasteiger partial charge in [-0.2, -0.15) is 0 Å². The van der Waals surface area contributed by atoms with Crippen LogP contribution < -0.4 is 11.1 Å². The van der Waals surface area contributed by atoms with Gasteiger partial charge in [-0.15, -0.1) is 0 Å². The van der Waals surface area contributed by atoms with Crippen molar-refractivity contribution in [1.29, 1.82) is 0 Å². The number of rotatable bonds is 6. The molecule has 82 valence electrons. The summed E-state index contributed by atoms with van der Waals surface area (Å²) in [6, 6.07) is 3.41. The van der Waals surface area contributed by atoms with E-state index in [-0.39, 0.29) is 5.91 Å². The molecule has 1 rings (SSSR count). The van der Waals surface area contributed by atoms with E-state index in [4.69, 9.17) is 5.73 Å². The highest BCUT2D eigenvalue weighted by molar-refractivity contribution is 5.93. The average Bonchev–Trinajstić information content (AvgIpc) is 2.30. The summed E-state index contributed by atoms with van der Waals surface area (Å²) in [5.41, 5.74) is 6.02. The molecule has 0 aliphatic rings. The molecule has 0 aliphatic carbocycles. The maximum atomic E-state index is 11.5. The number of nitrogens with two attached hydrogens (primary N) is 1. The molecule has 0 saturated heterocycles. The monoisotopic (exact) mass is 207 g/mol. The van der Waals surface area contributed by atoms with Crippen LogP contribution in [0.15, 0.2) is 24.5 Å². The molecule has 15 heavy (non-hydrogen) atoms. The van der Waals surface area contributed by atoms with Crippen LogP contribution in [-0.4, -0.2) is 24.0 Å². The first-order valence-electron chi connectivity index (χ1n) is 5.23. The molecule has 1 aromatic heterocycles. The summed E-state index contributed by atoms with van der Waals surface area (Å²) >= 11 is 0. The Labute approximate surface area is 89.9 Å². The van der Waals surface area contributed by atoms with Gasteiger partial charge < -0.3 is 11.1 Å². The van der Waals surface area contributed by atoms with Crippen molar-refractivity contribution in [1.82, 2.24) is 10.3 Å². The summed E-state index contributed by atoms with van der Waals surface area (Å²) in [6.07, 6.45) is 6.29. The SMILES string of the molecule is NCCCCCNC(=O)c1ccncc1. The highest BCUT2D eigenvalue weighted by Crippen LogP contribution is 1.96. The zero-order valence-electron chi connectivity index (χ0n) is 8.78. The lowest BCUT2D eigenvalue weighted by molar-refractivity contribution is 0.0953. The normalized spacial score (nSPS) is 9.93. The van der Waals surface area contributed by atoms with Gasteiger partial charge in [0.2, 0.25) is 0 Å². The molecule has 0 aromatic carbocycles. The van der Waals surface area contributed by atoms with Crippen molar-refractivity contribution in [2.24, 2.45) is 5.73 Å². The van der Waals surface area contributed by atoms with Crippen LogP contribution in [0.3, 0.4) is 0 Å². The van der Waals surface area contributed by atoms with E-state index in [2.05, 4.69) is 10.3 Å². The Balaban J connectivity index is 2.20. The first-order chi connectivity index (χ1) is 7.34. The standard InChI is InChI=1S/C11H17N3O/c12-6-2-1-3-7-14-11(15)10-4-8-13-9-5-10/h4-5,8-9H,1-3,6-7,12H2,(H,14,15). The molecule has 0 atom stereocenters. The Morgan fingerprint density at radius 1 is 1.27 bits per heavy atom. The second-order valence-corrected chi connectivity index (χ2v) is 3.34. The smallest absolute Gasteiger partial charge is 0.251 e. The van der Waals surface area contributed by atoms with Gasteiger partial charge in [-0.05, 0) is 31.5 Å². The molecule has 0 aliphatic heterocycles. The summed E-state index contributed by atoms with van der Waals surface area (Å²) in [5.74, 6) is -0.0369. The third-order valence-corrected chi connectivity index (χ3v) is 2.11. The quantitative estimate of drug-likeness (QED) is 0.682. The number of aromatic nitrogens is 1. The number of hydrogen-bond acceptors (Lipinski definition) is 3. The van der Waals surface area contributed by atoms with Crippen molar-refractivity contribution >= 4 is 5.91 Å². The maximum absolute atomic E-state index is 11.5. The Bertz CT molecular complexity index is 287. The Morgan fingerprint density at radius 3 is 2.67 bits per heavy atom. The van der Waals surface area contributed by atoms with E-state index in [9.17, 15) is 4.79 Å². The first kappa shape index (κ1) is 11.7. The van der Waals surface area contributed by atoms with E-state index in [0.717, 1.165) is 25.8 Å². The van der Waals surface area contributed by atoms with Gasteiger partial charge in [0.1, 0.15) is 0 Å². The molecule has 1 amide bonds. The Hall–Kier alpha value is -1.42. The summed E-state index contributed by atoms with van der Waals surface area (Å²) in [4.78, 5) is 15.4. The lowest BCUT2D eigenvalue weighted by atomic mass is 10.2. The van der Waals surface area contributed by atoms with E-state index < -0.39 is 0 Å². The van der Waals surface area contributed by atoms with Crippen molar-refractivity contribution in [3.8, 4) is 0 Å². The van der Waals surface area contributed by atoms with Gasteiger partial charge in [-0.3, -0.25) is 9.78 Å². The van der Waals surface area contributed by atoms with Crippen LogP contribution in [-0.2, 0) is 0 Å². The summed E-state index contributed by atoms with van der Waals surface area (Å²) in [7, 11) is 0. The molecule has 1 aromatic rings. The minimum atomic E-state index is -0.0369. The number of hydrogen-bond donors (Lipinski definition) is 2. The molecular weight excluding hydrogens is 190 g/mol. The number of amides is 1. The van der Waals surface area contributed by atoms with E-state index in [1.807, 2.05) is 0 Å². The molecule has 0 unspecified atom stereocenters. The molecule has 4 nitrogen and oxygen atoms in total. The van der Waals surface area contributed by atoms with Crippen molar-refractivity contribution in [3.05, 3.63) is 30.1 Å². The number of carbonyl (C=O) groups excluding carboxylic acids is 1. The van der Waals surface area contributed by atoms with Crippen molar-refractivity contribution in [3.63, 3.8) is 0 Å². The van der Waals surface area contributed by atoms with Crippen LogP contribution in [0.1, 0.15) is 29.6 Å². The van der Waals surface area contributed by atoms with E-state index in [1.54, 1.807) is 24.5 Å². The minimum Gasteiger partial charge on any atom is -0.352 e. The van der Waals surface area contributed by atoms with Crippen molar-refractivity contribution in [2.75, 3.05) is 13.1 Å².